The number of nitro benzene ring substituents is 1. The van der Waals surface area contributed by atoms with Gasteiger partial charge in [0.25, 0.3) is 11.6 Å². The van der Waals surface area contributed by atoms with E-state index in [2.05, 4.69) is 10.6 Å². The van der Waals surface area contributed by atoms with Crippen molar-refractivity contribution in [1.29, 1.82) is 0 Å². The van der Waals surface area contributed by atoms with Gasteiger partial charge in [-0.2, -0.15) is 0 Å². The van der Waals surface area contributed by atoms with E-state index in [4.69, 9.17) is 4.74 Å². The number of hydrogen-bond donors (Lipinski definition) is 2. The number of rotatable bonds is 5. The quantitative estimate of drug-likeness (QED) is 0.434. The number of piperidine rings is 1. The van der Waals surface area contributed by atoms with E-state index in [1.165, 1.54) is 6.07 Å². The molecule has 3 amide bonds. The monoisotopic (exact) mass is 406 g/mol. The van der Waals surface area contributed by atoms with Crippen molar-refractivity contribution in [3.8, 4) is 0 Å². The van der Waals surface area contributed by atoms with Gasteiger partial charge in [-0.15, -0.1) is 0 Å². The molecule has 0 aliphatic carbocycles. The van der Waals surface area contributed by atoms with Gasteiger partial charge in [0.1, 0.15) is 5.69 Å². The molecular formula is C19H26N4O6. The third kappa shape index (κ3) is 6.74. The van der Waals surface area contributed by atoms with Crippen LogP contribution in [0.1, 0.15) is 33.6 Å². The minimum Gasteiger partial charge on any atom is -0.455 e. The van der Waals surface area contributed by atoms with Crippen molar-refractivity contribution in [2.45, 2.75) is 39.2 Å². The van der Waals surface area contributed by atoms with Crippen LogP contribution in [-0.4, -0.2) is 48.1 Å². The van der Waals surface area contributed by atoms with Gasteiger partial charge >= 0.3 is 12.0 Å². The van der Waals surface area contributed by atoms with E-state index in [1.54, 1.807) is 39.0 Å². The number of urea groups is 1. The van der Waals surface area contributed by atoms with Crippen LogP contribution < -0.4 is 15.5 Å². The van der Waals surface area contributed by atoms with E-state index in [1.807, 2.05) is 4.90 Å². The second-order valence-electron chi connectivity index (χ2n) is 7.87. The van der Waals surface area contributed by atoms with Crippen LogP contribution in [0.4, 0.5) is 16.2 Å². The molecule has 2 rings (SSSR count). The fraction of sp³-hybridized carbons (Fsp3) is 0.526. The molecule has 29 heavy (non-hydrogen) atoms. The summed E-state index contributed by atoms with van der Waals surface area (Å²) >= 11 is 0. The largest absolute Gasteiger partial charge is 0.455 e. The lowest BCUT2D eigenvalue weighted by atomic mass is 9.96. The average molecular weight is 406 g/mol. The Kier molecular flexibility index (Phi) is 7.13. The van der Waals surface area contributed by atoms with Crippen molar-refractivity contribution < 1.29 is 24.0 Å². The molecule has 1 saturated heterocycles. The molecule has 10 heteroatoms. The topological polar surface area (TPSA) is 131 Å². The van der Waals surface area contributed by atoms with Crippen LogP contribution in [0, 0.1) is 16.0 Å². The number of carbonyl (C=O) groups is 3. The summed E-state index contributed by atoms with van der Waals surface area (Å²) in [7, 11) is 0. The Bertz CT molecular complexity index is 781. The highest BCUT2D eigenvalue weighted by Gasteiger charge is 2.29. The molecule has 1 fully saturated rings. The molecule has 1 heterocycles. The minimum atomic E-state index is -0.711. The van der Waals surface area contributed by atoms with Gasteiger partial charge in [0.05, 0.1) is 10.8 Å². The third-order valence-corrected chi connectivity index (χ3v) is 4.33. The fourth-order valence-electron chi connectivity index (χ4n) is 3.03. The molecule has 2 N–H and O–H groups in total. The maximum atomic E-state index is 12.2. The first-order valence-electron chi connectivity index (χ1n) is 9.34. The van der Waals surface area contributed by atoms with E-state index in [0.29, 0.717) is 31.6 Å². The molecule has 1 aliphatic rings. The highest BCUT2D eigenvalue weighted by atomic mass is 16.6. The molecule has 158 valence electrons. The highest BCUT2D eigenvalue weighted by molar-refractivity contribution is 5.95. The van der Waals surface area contributed by atoms with E-state index in [0.717, 1.165) is 0 Å². The van der Waals surface area contributed by atoms with Gasteiger partial charge in [-0.25, -0.2) is 4.79 Å². The normalized spacial score (nSPS) is 14.8. The maximum Gasteiger partial charge on any atom is 0.321 e. The first-order valence-corrected chi connectivity index (χ1v) is 9.34. The molecule has 0 radical (unpaired) electrons. The maximum absolute atomic E-state index is 12.2. The number of nitrogens with zero attached hydrogens (tertiary/aromatic N) is 2. The standard InChI is InChI=1S/C19H26N4O6/c1-19(2,3)21-18(26)20-16(24)12-29-17(25)13-8-10-22(11-9-13)14-6-4-5-7-15(14)23(27)28/h4-7,13H,8-12H2,1-3H3,(H2,20,21,24,26). The molecule has 10 nitrogen and oxygen atoms in total. The minimum absolute atomic E-state index is 0.0266. The summed E-state index contributed by atoms with van der Waals surface area (Å²) in [6.45, 7) is 5.70. The number of carbonyl (C=O) groups excluding carboxylic acids is 3. The summed E-state index contributed by atoms with van der Waals surface area (Å²) < 4.78 is 5.02. The number of esters is 1. The summed E-state index contributed by atoms with van der Waals surface area (Å²) in [4.78, 5) is 48.2. The first kappa shape index (κ1) is 22.1. The first-order chi connectivity index (χ1) is 13.6. The zero-order chi connectivity index (χ0) is 21.6. The number of nitro groups is 1. The average Bonchev–Trinajstić information content (AvgIpc) is 2.64. The lowest BCUT2D eigenvalue weighted by Crippen LogP contribution is -2.49. The van der Waals surface area contributed by atoms with Crippen LogP contribution in [0.15, 0.2) is 24.3 Å². The predicted octanol–water partition coefficient (Wildman–Crippen LogP) is 1.98. The molecule has 0 atom stereocenters. The van der Waals surface area contributed by atoms with Crippen LogP contribution in [0.2, 0.25) is 0 Å². The number of benzene rings is 1. The van der Waals surface area contributed by atoms with Gasteiger partial charge in [0.2, 0.25) is 0 Å². The molecule has 0 bridgehead atoms. The number of ether oxygens (including phenoxy) is 1. The molecule has 1 aliphatic heterocycles. The number of imide groups is 1. The molecular weight excluding hydrogens is 380 g/mol. The highest BCUT2D eigenvalue weighted by Crippen LogP contribution is 2.31. The molecule has 0 spiro atoms. The number of anilines is 1. The van der Waals surface area contributed by atoms with Crippen LogP contribution in [0.25, 0.3) is 0 Å². The van der Waals surface area contributed by atoms with Crippen molar-refractivity contribution in [3.05, 3.63) is 34.4 Å². The molecule has 0 saturated carbocycles. The summed E-state index contributed by atoms with van der Waals surface area (Å²) in [5, 5.41) is 15.8. The predicted molar refractivity (Wildman–Crippen MR) is 105 cm³/mol. The lowest BCUT2D eigenvalue weighted by Gasteiger charge is -2.32. The fourth-order valence-corrected chi connectivity index (χ4v) is 3.03. The number of hydrogen-bond acceptors (Lipinski definition) is 7. The van der Waals surface area contributed by atoms with Crippen molar-refractivity contribution in [3.63, 3.8) is 0 Å². The summed E-state index contributed by atoms with van der Waals surface area (Å²) in [6, 6.07) is 5.82. The number of amides is 3. The van der Waals surface area contributed by atoms with Crippen molar-refractivity contribution in [2.75, 3.05) is 24.6 Å². The van der Waals surface area contributed by atoms with Crippen LogP contribution in [0.3, 0.4) is 0 Å². The zero-order valence-corrected chi connectivity index (χ0v) is 16.8. The Morgan fingerprint density at radius 2 is 1.83 bits per heavy atom. The smallest absolute Gasteiger partial charge is 0.321 e. The van der Waals surface area contributed by atoms with E-state index >= 15 is 0 Å². The van der Waals surface area contributed by atoms with Gasteiger partial charge in [0, 0.05) is 24.7 Å². The van der Waals surface area contributed by atoms with Gasteiger partial charge in [-0.1, -0.05) is 12.1 Å². The van der Waals surface area contributed by atoms with Crippen LogP contribution in [0.5, 0.6) is 0 Å². The summed E-state index contributed by atoms with van der Waals surface area (Å²) in [6.07, 6.45) is 0.911. The van der Waals surface area contributed by atoms with Crippen molar-refractivity contribution in [2.24, 2.45) is 5.92 Å². The SMILES string of the molecule is CC(C)(C)NC(=O)NC(=O)COC(=O)C1CCN(c2ccccc2[N+](=O)[O-])CC1. The molecule has 0 unspecified atom stereocenters. The Morgan fingerprint density at radius 3 is 2.41 bits per heavy atom. The lowest BCUT2D eigenvalue weighted by molar-refractivity contribution is -0.384. The Morgan fingerprint density at radius 1 is 1.21 bits per heavy atom. The van der Waals surface area contributed by atoms with Gasteiger partial charge < -0.3 is 15.0 Å². The van der Waals surface area contributed by atoms with Crippen LogP contribution >= 0.6 is 0 Å². The Labute approximate surface area is 168 Å². The van der Waals surface area contributed by atoms with Crippen molar-refractivity contribution in [1.82, 2.24) is 10.6 Å². The molecule has 1 aromatic carbocycles. The third-order valence-electron chi connectivity index (χ3n) is 4.33. The van der Waals surface area contributed by atoms with Gasteiger partial charge in [-0.3, -0.25) is 25.0 Å². The molecule has 0 aromatic heterocycles. The Hall–Kier alpha value is -3.17. The molecule has 1 aromatic rings. The second kappa shape index (κ2) is 9.35. The zero-order valence-electron chi connectivity index (χ0n) is 16.8. The van der Waals surface area contributed by atoms with Gasteiger partial charge in [-0.05, 0) is 39.7 Å². The van der Waals surface area contributed by atoms with E-state index in [-0.39, 0.29) is 5.69 Å². The van der Waals surface area contributed by atoms with E-state index < -0.39 is 40.9 Å². The summed E-state index contributed by atoms with van der Waals surface area (Å²) in [5.41, 5.74) is 0.0512. The summed E-state index contributed by atoms with van der Waals surface area (Å²) in [5.74, 6) is -1.62. The van der Waals surface area contributed by atoms with Gasteiger partial charge in [0.15, 0.2) is 6.61 Å². The number of nitrogens with one attached hydrogen (secondary N) is 2. The van der Waals surface area contributed by atoms with Crippen LogP contribution in [-0.2, 0) is 14.3 Å². The van der Waals surface area contributed by atoms with E-state index in [9.17, 15) is 24.5 Å². The number of para-hydroxylation sites is 2. The Balaban J connectivity index is 1.80. The second-order valence-corrected chi connectivity index (χ2v) is 7.87. The van der Waals surface area contributed by atoms with Crippen molar-refractivity contribution >= 4 is 29.3 Å².